The normalized spacial score (nSPS) is 15.6. The molecule has 4 nitrogen and oxygen atoms in total. The van der Waals surface area contributed by atoms with E-state index in [4.69, 9.17) is 0 Å². The van der Waals surface area contributed by atoms with Crippen molar-refractivity contribution >= 4 is 22.7 Å². The van der Waals surface area contributed by atoms with Gasteiger partial charge in [0, 0.05) is 0 Å². The number of nitrogens with one attached hydrogen (secondary N) is 2. The summed E-state index contributed by atoms with van der Waals surface area (Å²) in [4.78, 5) is 19.5. The summed E-state index contributed by atoms with van der Waals surface area (Å²) < 4.78 is 0. The molecule has 2 aromatic rings. The van der Waals surface area contributed by atoms with Crippen molar-refractivity contribution in [2.45, 2.75) is 12.7 Å². The number of hydrogen-bond acceptors (Lipinski definition) is 4. The van der Waals surface area contributed by atoms with Crippen LogP contribution >= 0.6 is 11.8 Å². The number of rotatable bonds is 4. The van der Waals surface area contributed by atoms with E-state index in [0.29, 0.717) is 5.39 Å². The molecule has 0 radical (unpaired) electrons. The lowest BCUT2D eigenvalue weighted by Gasteiger charge is -2.26. The summed E-state index contributed by atoms with van der Waals surface area (Å²) in [5, 5.41) is 3.94. The predicted molar refractivity (Wildman–Crippen MR) is 79.6 cm³/mol. The van der Waals surface area contributed by atoms with Crippen LogP contribution in [0, 0.1) is 12.8 Å². The summed E-state index contributed by atoms with van der Waals surface area (Å²) in [5.41, 5.74) is 1.85. The zero-order chi connectivity index (χ0) is 13.2. The fourth-order valence-electron chi connectivity index (χ4n) is 2.21. The number of para-hydroxylation sites is 1. The van der Waals surface area contributed by atoms with Crippen molar-refractivity contribution in [1.82, 2.24) is 15.3 Å². The fourth-order valence-corrected chi connectivity index (χ4v) is 3.23. The molecular weight excluding hydrogens is 258 g/mol. The first-order valence-electron chi connectivity index (χ1n) is 6.51. The number of hydrogen-bond donors (Lipinski definition) is 2. The van der Waals surface area contributed by atoms with Crippen LogP contribution in [-0.4, -0.2) is 28.8 Å². The summed E-state index contributed by atoms with van der Waals surface area (Å²) in [6.45, 7) is 4.23. The second-order valence-electron chi connectivity index (χ2n) is 5.02. The molecule has 0 amide bonds. The van der Waals surface area contributed by atoms with Gasteiger partial charge in [0.15, 0.2) is 0 Å². The van der Waals surface area contributed by atoms with Crippen molar-refractivity contribution in [2.75, 3.05) is 18.8 Å². The molecule has 1 aliphatic heterocycles. The van der Waals surface area contributed by atoms with Crippen molar-refractivity contribution < 1.29 is 0 Å². The Morgan fingerprint density at radius 2 is 2.26 bits per heavy atom. The first-order chi connectivity index (χ1) is 9.24. The van der Waals surface area contributed by atoms with Gasteiger partial charge in [0.05, 0.1) is 16.7 Å². The van der Waals surface area contributed by atoms with Crippen LogP contribution in [0.2, 0.25) is 0 Å². The van der Waals surface area contributed by atoms with Crippen molar-refractivity contribution in [3.8, 4) is 0 Å². The van der Waals surface area contributed by atoms with Crippen molar-refractivity contribution in [3.63, 3.8) is 0 Å². The van der Waals surface area contributed by atoms with Crippen LogP contribution in [-0.2, 0) is 5.75 Å². The number of aromatic nitrogens is 2. The van der Waals surface area contributed by atoms with E-state index in [1.54, 1.807) is 0 Å². The third kappa shape index (κ3) is 2.67. The van der Waals surface area contributed by atoms with E-state index >= 15 is 0 Å². The number of aromatic amines is 1. The highest BCUT2D eigenvalue weighted by Crippen LogP contribution is 2.17. The molecule has 2 heterocycles. The van der Waals surface area contributed by atoms with Gasteiger partial charge in [0.2, 0.25) is 0 Å². The number of fused-ring (bicyclic) bond motifs is 1. The molecule has 5 heteroatoms. The summed E-state index contributed by atoms with van der Waals surface area (Å²) in [5.74, 6) is 3.46. The average molecular weight is 275 g/mol. The van der Waals surface area contributed by atoms with E-state index in [-0.39, 0.29) is 5.56 Å². The molecule has 100 valence electrons. The largest absolute Gasteiger partial charge is 0.316 e. The molecule has 0 unspecified atom stereocenters. The van der Waals surface area contributed by atoms with Gasteiger partial charge in [-0.15, -0.1) is 0 Å². The van der Waals surface area contributed by atoms with E-state index in [9.17, 15) is 4.79 Å². The molecule has 2 N–H and O–H groups in total. The van der Waals surface area contributed by atoms with Gasteiger partial charge in [-0.25, -0.2) is 4.98 Å². The van der Waals surface area contributed by atoms with Crippen LogP contribution in [0.1, 0.15) is 11.4 Å². The lowest BCUT2D eigenvalue weighted by atomic mass is 10.1. The number of aryl methyl sites for hydroxylation is 1. The zero-order valence-corrected chi connectivity index (χ0v) is 11.7. The Morgan fingerprint density at radius 3 is 3.00 bits per heavy atom. The van der Waals surface area contributed by atoms with Gasteiger partial charge in [0.1, 0.15) is 5.82 Å². The van der Waals surface area contributed by atoms with Crippen LogP contribution < -0.4 is 10.9 Å². The van der Waals surface area contributed by atoms with E-state index in [1.165, 1.54) is 0 Å². The second kappa shape index (κ2) is 5.35. The fraction of sp³-hybridized carbons (Fsp3) is 0.429. The predicted octanol–water partition coefficient (Wildman–Crippen LogP) is 1.68. The summed E-state index contributed by atoms with van der Waals surface area (Å²) in [6, 6.07) is 5.71. The van der Waals surface area contributed by atoms with Gasteiger partial charge in [-0.2, -0.15) is 11.8 Å². The van der Waals surface area contributed by atoms with E-state index in [0.717, 1.165) is 47.4 Å². The van der Waals surface area contributed by atoms with Crippen molar-refractivity contribution in [2.24, 2.45) is 5.92 Å². The molecule has 1 fully saturated rings. The maximum atomic E-state index is 12.0. The smallest absolute Gasteiger partial charge is 0.258 e. The van der Waals surface area contributed by atoms with E-state index < -0.39 is 0 Å². The topological polar surface area (TPSA) is 57.8 Å². The molecule has 0 bridgehead atoms. The zero-order valence-electron chi connectivity index (χ0n) is 10.9. The molecule has 1 aliphatic rings. The van der Waals surface area contributed by atoms with Gasteiger partial charge in [-0.1, -0.05) is 12.1 Å². The van der Waals surface area contributed by atoms with Crippen LogP contribution in [0.15, 0.2) is 23.0 Å². The van der Waals surface area contributed by atoms with Gasteiger partial charge >= 0.3 is 0 Å². The SMILES string of the molecule is Cc1cccc2c(=O)[nH]c(CSCC3CNC3)nc12. The first kappa shape index (κ1) is 12.7. The van der Waals surface area contributed by atoms with Crippen LogP contribution in [0.25, 0.3) is 10.9 Å². The second-order valence-corrected chi connectivity index (χ2v) is 6.05. The maximum absolute atomic E-state index is 12.0. The Morgan fingerprint density at radius 1 is 1.42 bits per heavy atom. The Balaban J connectivity index is 1.79. The van der Waals surface area contributed by atoms with Crippen LogP contribution in [0.5, 0.6) is 0 Å². The molecular formula is C14H17N3OS. The minimum absolute atomic E-state index is 0.0328. The van der Waals surface area contributed by atoms with Gasteiger partial charge in [-0.3, -0.25) is 4.79 Å². The maximum Gasteiger partial charge on any atom is 0.258 e. The lowest BCUT2D eigenvalue weighted by molar-refractivity contribution is 0.385. The summed E-state index contributed by atoms with van der Waals surface area (Å²) in [6.07, 6.45) is 0. The van der Waals surface area contributed by atoms with Gasteiger partial charge in [-0.05, 0) is 43.3 Å². The monoisotopic (exact) mass is 275 g/mol. The molecule has 0 atom stereocenters. The molecule has 1 aromatic heterocycles. The Labute approximate surface area is 116 Å². The Bertz CT molecular complexity index is 649. The number of H-pyrrole nitrogens is 1. The molecule has 19 heavy (non-hydrogen) atoms. The van der Waals surface area contributed by atoms with Crippen molar-refractivity contribution in [1.29, 1.82) is 0 Å². The third-order valence-electron chi connectivity index (χ3n) is 3.45. The molecule has 0 saturated carbocycles. The van der Waals surface area contributed by atoms with E-state index in [2.05, 4.69) is 15.3 Å². The van der Waals surface area contributed by atoms with E-state index in [1.807, 2.05) is 36.9 Å². The standard InChI is InChI=1S/C14H17N3OS/c1-9-3-2-4-11-13(9)16-12(17-14(11)18)8-19-7-10-5-15-6-10/h2-4,10,15H,5-8H2,1H3,(H,16,17,18). The Hall–Kier alpha value is -1.33. The molecule has 0 spiro atoms. The average Bonchev–Trinajstić information content (AvgIpc) is 2.34. The lowest BCUT2D eigenvalue weighted by Crippen LogP contribution is -2.43. The van der Waals surface area contributed by atoms with Gasteiger partial charge < -0.3 is 10.3 Å². The highest BCUT2D eigenvalue weighted by atomic mass is 32.2. The highest BCUT2D eigenvalue weighted by Gasteiger charge is 2.16. The van der Waals surface area contributed by atoms with Crippen LogP contribution in [0.3, 0.4) is 0 Å². The third-order valence-corrected chi connectivity index (χ3v) is 4.63. The number of nitrogens with zero attached hydrogens (tertiary/aromatic N) is 1. The molecule has 3 rings (SSSR count). The van der Waals surface area contributed by atoms with Crippen LogP contribution in [0.4, 0.5) is 0 Å². The minimum Gasteiger partial charge on any atom is -0.316 e. The highest BCUT2D eigenvalue weighted by molar-refractivity contribution is 7.98. The first-order valence-corrected chi connectivity index (χ1v) is 7.66. The minimum atomic E-state index is -0.0328. The summed E-state index contributed by atoms with van der Waals surface area (Å²) >= 11 is 1.84. The number of benzene rings is 1. The Kier molecular flexibility index (Phi) is 3.57. The van der Waals surface area contributed by atoms with Gasteiger partial charge in [0.25, 0.3) is 5.56 Å². The van der Waals surface area contributed by atoms with Crippen molar-refractivity contribution in [3.05, 3.63) is 39.9 Å². The molecule has 0 aliphatic carbocycles. The quantitative estimate of drug-likeness (QED) is 0.891. The molecule has 1 saturated heterocycles. The molecule has 1 aromatic carbocycles. The summed E-state index contributed by atoms with van der Waals surface area (Å²) in [7, 11) is 0. The number of thioether (sulfide) groups is 1.